The first-order chi connectivity index (χ1) is 16.1. The van der Waals surface area contributed by atoms with Gasteiger partial charge in [-0.15, -0.1) is 0 Å². The van der Waals surface area contributed by atoms with Gasteiger partial charge in [-0.3, -0.25) is 0 Å². The molecule has 1 atom stereocenters. The molecule has 170 valence electrons. The summed E-state index contributed by atoms with van der Waals surface area (Å²) < 4.78 is 12.0. The standard InChI is InChI=1S/C26H29N5O2/c1-2-3-15-32-23-16-20(11-14-22(23)24-29-25(27)31-26(28)30-24)19-9-12-21(13-10-19)33-17-18-7-5-4-6-8-18/h4-14,16,24H,2-3,15,17H2,1H3,(H5,27,28,29,30,31). The molecule has 3 aromatic rings. The molecular weight excluding hydrogens is 414 g/mol. The zero-order valence-electron chi connectivity index (χ0n) is 18.7. The number of nitrogens with zero attached hydrogens (tertiary/aromatic N) is 2. The number of nitrogens with two attached hydrogens (primary N) is 2. The molecule has 0 fully saturated rings. The summed E-state index contributed by atoms with van der Waals surface area (Å²) in [6.07, 6.45) is 1.57. The monoisotopic (exact) mass is 443 g/mol. The summed E-state index contributed by atoms with van der Waals surface area (Å²) in [6, 6.07) is 24.2. The second kappa shape index (κ2) is 10.5. The third kappa shape index (κ3) is 5.83. The van der Waals surface area contributed by atoms with Crippen LogP contribution in [-0.4, -0.2) is 18.5 Å². The van der Waals surface area contributed by atoms with Crippen molar-refractivity contribution in [3.8, 4) is 22.6 Å². The summed E-state index contributed by atoms with van der Waals surface area (Å²) in [5.74, 6) is 1.95. The van der Waals surface area contributed by atoms with Crippen LogP contribution in [0.1, 0.15) is 37.1 Å². The van der Waals surface area contributed by atoms with Gasteiger partial charge < -0.3 is 26.3 Å². The molecule has 0 bridgehead atoms. The van der Waals surface area contributed by atoms with E-state index in [1.54, 1.807) is 0 Å². The topological polar surface area (TPSA) is 107 Å². The minimum atomic E-state index is -0.443. The van der Waals surface area contributed by atoms with Crippen LogP contribution in [0.4, 0.5) is 0 Å². The quantitative estimate of drug-likeness (QED) is 0.426. The molecule has 4 rings (SSSR count). The van der Waals surface area contributed by atoms with Crippen LogP contribution >= 0.6 is 0 Å². The lowest BCUT2D eigenvalue weighted by molar-refractivity contribution is 0.304. The highest BCUT2D eigenvalue weighted by atomic mass is 16.5. The van der Waals surface area contributed by atoms with Gasteiger partial charge >= 0.3 is 0 Å². The Morgan fingerprint density at radius 2 is 1.67 bits per heavy atom. The van der Waals surface area contributed by atoms with Gasteiger partial charge in [0.25, 0.3) is 0 Å². The zero-order valence-corrected chi connectivity index (χ0v) is 18.7. The average molecular weight is 444 g/mol. The summed E-state index contributed by atoms with van der Waals surface area (Å²) in [7, 11) is 0. The number of hydrogen-bond donors (Lipinski definition) is 3. The molecule has 1 heterocycles. The molecule has 1 aliphatic rings. The average Bonchev–Trinajstić information content (AvgIpc) is 2.83. The maximum Gasteiger partial charge on any atom is 0.220 e. The van der Waals surface area contributed by atoms with Crippen LogP contribution in [0.3, 0.4) is 0 Å². The first kappa shape index (κ1) is 22.2. The molecule has 0 radical (unpaired) electrons. The maximum absolute atomic E-state index is 6.12. The SMILES string of the molecule is CCCCOc1cc(-c2ccc(OCc3ccccc3)cc2)ccc1C1N=C(N)N=C(N)N1. The molecule has 0 aliphatic carbocycles. The van der Waals surface area contributed by atoms with Crippen molar-refractivity contribution in [1.29, 1.82) is 0 Å². The van der Waals surface area contributed by atoms with Gasteiger partial charge in [-0.2, -0.15) is 4.99 Å². The van der Waals surface area contributed by atoms with Gasteiger partial charge in [0.15, 0.2) is 12.1 Å². The van der Waals surface area contributed by atoms with E-state index >= 15 is 0 Å². The van der Waals surface area contributed by atoms with Crippen molar-refractivity contribution in [3.05, 3.63) is 83.9 Å². The Morgan fingerprint density at radius 3 is 2.39 bits per heavy atom. The van der Waals surface area contributed by atoms with E-state index in [4.69, 9.17) is 20.9 Å². The van der Waals surface area contributed by atoms with Crippen molar-refractivity contribution in [3.63, 3.8) is 0 Å². The number of guanidine groups is 2. The predicted octanol–water partition coefficient (Wildman–Crippen LogP) is 4.34. The van der Waals surface area contributed by atoms with Crippen molar-refractivity contribution < 1.29 is 9.47 Å². The first-order valence-corrected chi connectivity index (χ1v) is 11.1. The fourth-order valence-corrected chi connectivity index (χ4v) is 3.51. The van der Waals surface area contributed by atoms with Crippen LogP contribution in [0, 0.1) is 0 Å². The van der Waals surface area contributed by atoms with E-state index in [1.807, 2.05) is 72.8 Å². The minimum absolute atomic E-state index is 0.144. The Kier molecular flexibility index (Phi) is 7.09. The van der Waals surface area contributed by atoms with E-state index in [0.717, 1.165) is 46.6 Å². The maximum atomic E-state index is 6.12. The predicted molar refractivity (Wildman–Crippen MR) is 132 cm³/mol. The summed E-state index contributed by atoms with van der Waals surface area (Å²) in [6.45, 7) is 3.29. The first-order valence-electron chi connectivity index (χ1n) is 11.1. The van der Waals surface area contributed by atoms with E-state index in [1.165, 1.54) is 0 Å². The van der Waals surface area contributed by atoms with Crippen molar-refractivity contribution in [2.75, 3.05) is 6.61 Å². The van der Waals surface area contributed by atoms with Crippen LogP contribution in [0.25, 0.3) is 11.1 Å². The summed E-state index contributed by atoms with van der Waals surface area (Å²) in [5, 5.41) is 3.05. The summed E-state index contributed by atoms with van der Waals surface area (Å²) in [5.41, 5.74) is 15.8. The molecule has 7 nitrogen and oxygen atoms in total. The van der Waals surface area contributed by atoms with Gasteiger partial charge in [-0.1, -0.05) is 67.9 Å². The molecule has 5 N–H and O–H groups in total. The minimum Gasteiger partial charge on any atom is -0.493 e. The van der Waals surface area contributed by atoms with E-state index < -0.39 is 6.17 Å². The smallest absolute Gasteiger partial charge is 0.220 e. The fraction of sp³-hybridized carbons (Fsp3) is 0.231. The van der Waals surface area contributed by atoms with Gasteiger partial charge in [0.05, 0.1) is 6.61 Å². The number of aliphatic imine (C=N–C) groups is 2. The number of rotatable bonds is 9. The largest absolute Gasteiger partial charge is 0.493 e. The Balaban J connectivity index is 1.53. The van der Waals surface area contributed by atoms with E-state index in [9.17, 15) is 0 Å². The fourth-order valence-electron chi connectivity index (χ4n) is 3.51. The summed E-state index contributed by atoms with van der Waals surface area (Å²) >= 11 is 0. The van der Waals surface area contributed by atoms with Crippen LogP contribution < -0.4 is 26.3 Å². The lowest BCUT2D eigenvalue weighted by Gasteiger charge is -2.22. The van der Waals surface area contributed by atoms with Crippen LogP contribution in [0.15, 0.2) is 82.8 Å². The number of unbranched alkanes of at least 4 members (excludes halogenated alkanes) is 1. The van der Waals surface area contributed by atoms with Gasteiger partial charge in [0, 0.05) is 5.56 Å². The van der Waals surface area contributed by atoms with E-state index in [-0.39, 0.29) is 11.9 Å². The molecular formula is C26H29N5O2. The van der Waals surface area contributed by atoms with Crippen LogP contribution in [0.5, 0.6) is 11.5 Å². The zero-order chi connectivity index (χ0) is 23.0. The lowest BCUT2D eigenvalue weighted by atomic mass is 10.0. The molecule has 0 saturated carbocycles. The van der Waals surface area contributed by atoms with Crippen LogP contribution in [-0.2, 0) is 6.61 Å². The number of benzene rings is 3. The van der Waals surface area contributed by atoms with Crippen molar-refractivity contribution in [2.45, 2.75) is 32.5 Å². The second-order valence-electron chi connectivity index (χ2n) is 7.78. The van der Waals surface area contributed by atoms with E-state index in [0.29, 0.717) is 13.2 Å². The molecule has 3 aromatic carbocycles. The second-order valence-corrected chi connectivity index (χ2v) is 7.78. The highest BCUT2D eigenvalue weighted by Gasteiger charge is 2.20. The Bertz CT molecular complexity index is 1130. The van der Waals surface area contributed by atoms with Crippen LogP contribution in [0.2, 0.25) is 0 Å². The normalized spacial score (nSPS) is 15.2. The molecule has 33 heavy (non-hydrogen) atoms. The highest BCUT2D eigenvalue weighted by Crippen LogP contribution is 2.33. The molecule has 0 aromatic heterocycles. The molecule has 1 aliphatic heterocycles. The molecule has 0 spiro atoms. The highest BCUT2D eigenvalue weighted by molar-refractivity contribution is 5.95. The van der Waals surface area contributed by atoms with Gasteiger partial charge in [0.2, 0.25) is 5.96 Å². The lowest BCUT2D eigenvalue weighted by Crippen LogP contribution is -2.40. The molecule has 0 saturated heterocycles. The van der Waals surface area contributed by atoms with Gasteiger partial charge in [-0.05, 0) is 41.3 Å². The summed E-state index contributed by atoms with van der Waals surface area (Å²) in [4.78, 5) is 8.30. The number of ether oxygens (including phenoxy) is 2. The molecule has 0 amide bonds. The third-order valence-corrected chi connectivity index (χ3v) is 5.28. The Hall–Kier alpha value is -4.00. The van der Waals surface area contributed by atoms with Gasteiger partial charge in [-0.25, -0.2) is 4.99 Å². The third-order valence-electron chi connectivity index (χ3n) is 5.28. The van der Waals surface area contributed by atoms with Gasteiger partial charge in [0.1, 0.15) is 18.1 Å². The van der Waals surface area contributed by atoms with Crippen molar-refractivity contribution in [1.82, 2.24) is 5.32 Å². The Labute approximate surface area is 194 Å². The molecule has 1 unspecified atom stereocenters. The number of hydrogen-bond acceptors (Lipinski definition) is 7. The molecule has 7 heteroatoms. The van der Waals surface area contributed by atoms with Crippen molar-refractivity contribution >= 4 is 11.9 Å². The Morgan fingerprint density at radius 1 is 0.909 bits per heavy atom. The van der Waals surface area contributed by atoms with E-state index in [2.05, 4.69) is 22.2 Å². The van der Waals surface area contributed by atoms with Crippen molar-refractivity contribution in [2.24, 2.45) is 21.5 Å². The number of nitrogens with one attached hydrogen (secondary N) is 1.